The van der Waals surface area contributed by atoms with Gasteiger partial charge in [-0.15, -0.1) is 0 Å². The zero-order valence-electron chi connectivity index (χ0n) is 15.5. The fourth-order valence-corrected chi connectivity index (χ4v) is 2.89. The molecule has 0 aromatic heterocycles. The van der Waals surface area contributed by atoms with E-state index in [-0.39, 0.29) is 11.3 Å². The van der Waals surface area contributed by atoms with E-state index >= 15 is 0 Å². The van der Waals surface area contributed by atoms with Crippen LogP contribution in [0.1, 0.15) is 17.3 Å². The number of hydrogen-bond donors (Lipinski definition) is 2. The number of amides is 1. The number of nitrogens with zero attached hydrogens (tertiary/aromatic N) is 1. The quantitative estimate of drug-likeness (QED) is 0.589. The van der Waals surface area contributed by atoms with Crippen LogP contribution in [0.4, 0.5) is 17.1 Å². The first-order valence-corrected chi connectivity index (χ1v) is 9.31. The van der Waals surface area contributed by atoms with Gasteiger partial charge in [0, 0.05) is 24.5 Å². The van der Waals surface area contributed by atoms with Crippen LogP contribution >= 0.6 is 11.6 Å². The summed E-state index contributed by atoms with van der Waals surface area (Å²) in [7, 11) is 0. The Labute approximate surface area is 168 Å². The minimum absolute atomic E-state index is 0.233. The van der Waals surface area contributed by atoms with Crippen LogP contribution in [0.2, 0.25) is 5.02 Å². The Hall–Kier alpha value is -2.77. The van der Waals surface area contributed by atoms with Crippen molar-refractivity contribution in [3.05, 3.63) is 53.1 Å². The topological polar surface area (TPSA) is 93.9 Å². The zero-order chi connectivity index (χ0) is 20.1. The van der Waals surface area contributed by atoms with Gasteiger partial charge in [-0.2, -0.15) is 0 Å². The second kappa shape index (κ2) is 8.95. The third kappa shape index (κ3) is 4.94. The highest BCUT2D eigenvalue weighted by atomic mass is 35.5. The lowest BCUT2D eigenvalue weighted by Gasteiger charge is -2.28. The maximum atomic E-state index is 12.3. The van der Waals surface area contributed by atoms with Gasteiger partial charge in [-0.1, -0.05) is 11.6 Å². The van der Waals surface area contributed by atoms with Crippen LogP contribution in [-0.4, -0.2) is 44.3 Å². The Morgan fingerprint density at radius 3 is 2.50 bits per heavy atom. The van der Waals surface area contributed by atoms with Gasteiger partial charge in [-0.25, -0.2) is 4.79 Å². The van der Waals surface area contributed by atoms with E-state index in [0.717, 1.165) is 18.8 Å². The Morgan fingerprint density at radius 1 is 1.18 bits per heavy atom. The van der Waals surface area contributed by atoms with Crippen molar-refractivity contribution in [3.8, 4) is 0 Å². The molecule has 2 aromatic carbocycles. The van der Waals surface area contributed by atoms with Crippen LogP contribution in [0, 0.1) is 0 Å². The lowest BCUT2D eigenvalue weighted by molar-refractivity contribution is -0.123. The molecule has 8 heteroatoms. The molecule has 1 fully saturated rings. The van der Waals surface area contributed by atoms with Crippen LogP contribution in [-0.2, 0) is 14.3 Å². The number of carbonyl (C=O) groups is 2. The van der Waals surface area contributed by atoms with Crippen LogP contribution in [0.15, 0.2) is 42.5 Å². The summed E-state index contributed by atoms with van der Waals surface area (Å²) in [5.41, 5.74) is 7.89. The molecule has 0 bridgehead atoms. The number of esters is 1. The Morgan fingerprint density at radius 2 is 1.86 bits per heavy atom. The molecule has 3 N–H and O–H groups in total. The lowest BCUT2D eigenvalue weighted by atomic mass is 10.2. The first kappa shape index (κ1) is 20.0. The van der Waals surface area contributed by atoms with E-state index in [0.29, 0.717) is 23.9 Å². The van der Waals surface area contributed by atoms with Crippen molar-refractivity contribution in [2.24, 2.45) is 0 Å². The van der Waals surface area contributed by atoms with E-state index in [1.54, 1.807) is 0 Å². The normalized spacial score (nSPS) is 15.0. The summed E-state index contributed by atoms with van der Waals surface area (Å²) in [4.78, 5) is 26.7. The number of nitrogens with two attached hydrogens (primary N) is 1. The second-order valence-corrected chi connectivity index (χ2v) is 6.83. The Kier molecular flexibility index (Phi) is 6.38. The average molecular weight is 404 g/mol. The fraction of sp³-hybridized carbons (Fsp3) is 0.300. The van der Waals surface area contributed by atoms with Gasteiger partial charge in [0.25, 0.3) is 5.91 Å². The fourth-order valence-electron chi connectivity index (χ4n) is 2.77. The number of benzene rings is 2. The molecule has 1 aliphatic rings. The summed E-state index contributed by atoms with van der Waals surface area (Å²) < 4.78 is 10.6. The van der Waals surface area contributed by atoms with Gasteiger partial charge in [-0.3, -0.25) is 4.79 Å². The summed E-state index contributed by atoms with van der Waals surface area (Å²) >= 11 is 5.84. The molecule has 148 valence electrons. The average Bonchev–Trinajstić information content (AvgIpc) is 2.71. The number of halogens is 1. The molecule has 1 saturated heterocycles. The molecule has 1 aliphatic heterocycles. The van der Waals surface area contributed by atoms with Crippen molar-refractivity contribution in [3.63, 3.8) is 0 Å². The number of rotatable bonds is 5. The van der Waals surface area contributed by atoms with Crippen LogP contribution in [0.3, 0.4) is 0 Å². The minimum atomic E-state index is -0.969. The third-order valence-electron chi connectivity index (χ3n) is 4.40. The standard InChI is InChI=1S/C20H22ClN3O4/c1-13(28-20(26)14-2-7-17(21)18(22)12-14)19(25)23-15-3-5-16(6-4-15)24-8-10-27-11-9-24/h2-7,12-13H,8-11,22H2,1H3,(H,23,25). The van der Waals surface area contributed by atoms with E-state index in [2.05, 4.69) is 10.2 Å². The van der Waals surface area contributed by atoms with Gasteiger partial charge in [0.15, 0.2) is 6.10 Å². The van der Waals surface area contributed by atoms with Crippen LogP contribution < -0.4 is 16.0 Å². The number of hydrogen-bond acceptors (Lipinski definition) is 6. The summed E-state index contributed by atoms with van der Waals surface area (Å²) in [6.45, 7) is 4.61. The third-order valence-corrected chi connectivity index (χ3v) is 4.74. The Balaban J connectivity index is 1.56. The Bertz CT molecular complexity index is 851. The molecular weight excluding hydrogens is 382 g/mol. The summed E-state index contributed by atoms with van der Waals surface area (Å²) in [6, 6.07) is 11.9. The van der Waals surface area contributed by atoms with Gasteiger partial charge < -0.3 is 25.4 Å². The van der Waals surface area contributed by atoms with E-state index in [1.165, 1.54) is 25.1 Å². The first-order chi connectivity index (χ1) is 13.4. The summed E-state index contributed by atoms with van der Waals surface area (Å²) in [5.74, 6) is -1.07. The van der Waals surface area contributed by atoms with Gasteiger partial charge in [0.2, 0.25) is 0 Å². The van der Waals surface area contributed by atoms with E-state index in [1.807, 2.05) is 24.3 Å². The molecule has 7 nitrogen and oxygen atoms in total. The molecule has 3 rings (SSSR count). The second-order valence-electron chi connectivity index (χ2n) is 6.42. The van der Waals surface area contributed by atoms with Crippen molar-refractivity contribution in [2.75, 3.05) is 42.3 Å². The zero-order valence-corrected chi connectivity index (χ0v) is 16.2. The predicted octanol–water partition coefficient (Wildman–Crippen LogP) is 2.94. The highest BCUT2D eigenvalue weighted by Gasteiger charge is 2.20. The van der Waals surface area contributed by atoms with E-state index in [9.17, 15) is 9.59 Å². The maximum absolute atomic E-state index is 12.3. The molecule has 2 aromatic rings. The minimum Gasteiger partial charge on any atom is -0.449 e. The van der Waals surface area contributed by atoms with Crippen molar-refractivity contribution in [1.82, 2.24) is 0 Å². The summed E-state index contributed by atoms with van der Waals surface area (Å²) in [5, 5.41) is 3.09. The smallest absolute Gasteiger partial charge is 0.338 e. The number of nitrogens with one attached hydrogen (secondary N) is 1. The number of morpholine rings is 1. The van der Waals surface area contributed by atoms with Crippen LogP contribution in [0.25, 0.3) is 0 Å². The van der Waals surface area contributed by atoms with Crippen molar-refractivity contribution in [1.29, 1.82) is 0 Å². The summed E-state index contributed by atoms with van der Waals surface area (Å²) in [6.07, 6.45) is -0.969. The van der Waals surface area contributed by atoms with Gasteiger partial charge in [0.05, 0.1) is 29.5 Å². The van der Waals surface area contributed by atoms with Gasteiger partial charge in [0.1, 0.15) is 0 Å². The van der Waals surface area contributed by atoms with Gasteiger partial charge in [-0.05, 0) is 49.4 Å². The van der Waals surface area contributed by atoms with Gasteiger partial charge >= 0.3 is 5.97 Å². The molecule has 1 atom stereocenters. The number of nitrogen functional groups attached to an aromatic ring is 1. The molecule has 0 aliphatic carbocycles. The molecule has 28 heavy (non-hydrogen) atoms. The molecule has 1 amide bonds. The molecule has 0 radical (unpaired) electrons. The largest absolute Gasteiger partial charge is 0.449 e. The number of anilines is 3. The van der Waals surface area contributed by atoms with Crippen molar-refractivity contribution >= 4 is 40.5 Å². The predicted molar refractivity (Wildman–Crippen MR) is 109 cm³/mol. The number of ether oxygens (including phenoxy) is 2. The van der Waals surface area contributed by atoms with Crippen LogP contribution in [0.5, 0.6) is 0 Å². The first-order valence-electron chi connectivity index (χ1n) is 8.93. The molecule has 0 spiro atoms. The lowest BCUT2D eigenvalue weighted by Crippen LogP contribution is -2.36. The SMILES string of the molecule is CC(OC(=O)c1ccc(Cl)c(N)c1)C(=O)Nc1ccc(N2CCOCC2)cc1. The van der Waals surface area contributed by atoms with Crippen molar-refractivity contribution in [2.45, 2.75) is 13.0 Å². The number of carbonyl (C=O) groups excluding carboxylic acids is 2. The van der Waals surface area contributed by atoms with E-state index in [4.69, 9.17) is 26.8 Å². The van der Waals surface area contributed by atoms with Crippen molar-refractivity contribution < 1.29 is 19.1 Å². The highest BCUT2D eigenvalue weighted by Crippen LogP contribution is 2.21. The molecular formula is C20H22ClN3O4. The van der Waals surface area contributed by atoms with E-state index < -0.39 is 18.0 Å². The monoisotopic (exact) mass is 403 g/mol. The maximum Gasteiger partial charge on any atom is 0.338 e. The molecule has 0 saturated carbocycles. The highest BCUT2D eigenvalue weighted by molar-refractivity contribution is 6.33. The molecule has 1 heterocycles. The molecule has 1 unspecified atom stereocenters.